The molecule has 0 saturated carbocycles. The highest BCUT2D eigenvalue weighted by molar-refractivity contribution is 9.11. The molecular formula is C16H23Br2N3O3. The summed E-state index contributed by atoms with van der Waals surface area (Å²) in [6.45, 7) is 10.1. The van der Waals surface area contributed by atoms with E-state index in [1.54, 1.807) is 4.90 Å². The van der Waals surface area contributed by atoms with E-state index in [2.05, 4.69) is 41.8 Å². The number of nitrogens with zero attached hydrogens (tertiary/aromatic N) is 3. The van der Waals surface area contributed by atoms with Crippen LogP contribution < -0.4 is 0 Å². The van der Waals surface area contributed by atoms with Crippen LogP contribution in [0.4, 0.5) is 4.79 Å². The summed E-state index contributed by atoms with van der Waals surface area (Å²) in [4.78, 5) is 22.7. The van der Waals surface area contributed by atoms with E-state index in [4.69, 9.17) is 4.74 Å². The van der Waals surface area contributed by atoms with Gasteiger partial charge < -0.3 is 14.7 Å². The van der Waals surface area contributed by atoms with Crippen LogP contribution in [-0.4, -0.2) is 44.3 Å². The van der Waals surface area contributed by atoms with Crippen LogP contribution in [0.2, 0.25) is 0 Å². The number of rotatable bonds is 2. The molecular weight excluding hydrogens is 442 g/mol. The summed E-state index contributed by atoms with van der Waals surface area (Å²) in [6.07, 6.45) is 0.918. The minimum atomic E-state index is -0.968. The molecule has 1 N–H and O–H groups in total. The van der Waals surface area contributed by atoms with E-state index in [0.29, 0.717) is 21.4 Å². The van der Waals surface area contributed by atoms with Gasteiger partial charge in [-0.1, -0.05) is 13.8 Å². The van der Waals surface area contributed by atoms with Gasteiger partial charge in [0.1, 0.15) is 26.6 Å². The zero-order valence-electron chi connectivity index (χ0n) is 14.5. The number of ether oxygens (including phenoxy) is 1. The summed E-state index contributed by atoms with van der Waals surface area (Å²) in [5.74, 6) is 0. The lowest BCUT2D eigenvalue weighted by atomic mass is 9.81. The van der Waals surface area contributed by atoms with E-state index in [0.717, 1.165) is 6.42 Å². The predicted octanol–water partition coefficient (Wildman–Crippen LogP) is 4.07. The normalized spacial score (nSPS) is 21.7. The molecule has 2 atom stereocenters. The maximum atomic E-state index is 12.6. The molecule has 8 heteroatoms. The molecule has 2 heterocycles. The molecule has 1 aliphatic heterocycles. The fraction of sp³-hybridized carbons (Fsp3) is 0.688. The first-order valence-electron chi connectivity index (χ1n) is 7.78. The first-order valence-corrected chi connectivity index (χ1v) is 9.36. The fourth-order valence-electron chi connectivity index (χ4n) is 2.94. The Morgan fingerprint density at radius 3 is 2.62 bits per heavy atom. The average Bonchev–Trinajstić information content (AvgIpc) is 2.71. The zero-order chi connectivity index (χ0) is 18.3. The van der Waals surface area contributed by atoms with Crippen molar-refractivity contribution in [3.05, 3.63) is 21.1 Å². The lowest BCUT2D eigenvalue weighted by Gasteiger charge is -2.36. The molecule has 0 aliphatic carbocycles. The molecule has 1 aromatic heterocycles. The molecule has 1 saturated heterocycles. The van der Waals surface area contributed by atoms with Crippen LogP contribution in [0, 0.1) is 5.41 Å². The molecule has 0 bridgehead atoms. The van der Waals surface area contributed by atoms with Crippen molar-refractivity contribution in [2.75, 3.05) is 6.54 Å². The number of aliphatic hydroxyl groups is 1. The second-order valence-corrected chi connectivity index (χ2v) is 9.23. The number of halogens is 2. The van der Waals surface area contributed by atoms with E-state index < -0.39 is 23.8 Å². The maximum Gasteiger partial charge on any atom is 0.410 e. The van der Waals surface area contributed by atoms with Crippen molar-refractivity contribution in [2.24, 2.45) is 5.41 Å². The van der Waals surface area contributed by atoms with Crippen LogP contribution in [0.1, 0.15) is 52.8 Å². The molecule has 134 valence electrons. The molecule has 0 aromatic carbocycles. The van der Waals surface area contributed by atoms with Crippen molar-refractivity contribution < 1.29 is 14.6 Å². The van der Waals surface area contributed by atoms with Crippen molar-refractivity contribution in [3.8, 4) is 0 Å². The summed E-state index contributed by atoms with van der Waals surface area (Å²) in [7, 11) is 0. The number of hydrogen-bond acceptors (Lipinski definition) is 5. The summed E-state index contributed by atoms with van der Waals surface area (Å²) in [5, 5.41) is 10.9. The van der Waals surface area contributed by atoms with Gasteiger partial charge in [0.05, 0.1) is 12.2 Å². The molecule has 24 heavy (non-hydrogen) atoms. The van der Waals surface area contributed by atoms with E-state index in [9.17, 15) is 9.90 Å². The predicted molar refractivity (Wildman–Crippen MR) is 97.5 cm³/mol. The third-order valence-corrected chi connectivity index (χ3v) is 5.03. The van der Waals surface area contributed by atoms with E-state index in [-0.39, 0.29) is 5.41 Å². The van der Waals surface area contributed by atoms with Crippen molar-refractivity contribution in [3.63, 3.8) is 0 Å². The highest BCUT2D eigenvalue weighted by Gasteiger charge is 2.49. The van der Waals surface area contributed by atoms with E-state index >= 15 is 0 Å². The molecule has 1 aliphatic rings. The lowest BCUT2D eigenvalue weighted by molar-refractivity contribution is -0.0119. The number of carbonyl (C=O) groups excluding carboxylic acids is 1. The van der Waals surface area contributed by atoms with Crippen molar-refractivity contribution in [1.82, 2.24) is 14.9 Å². The first-order chi connectivity index (χ1) is 10.9. The third kappa shape index (κ3) is 4.26. The van der Waals surface area contributed by atoms with Crippen molar-refractivity contribution in [2.45, 2.75) is 58.8 Å². The monoisotopic (exact) mass is 463 g/mol. The van der Waals surface area contributed by atoms with Gasteiger partial charge in [0.25, 0.3) is 0 Å². The quantitative estimate of drug-likeness (QED) is 0.713. The fourth-order valence-corrected chi connectivity index (χ4v) is 3.99. The smallest absolute Gasteiger partial charge is 0.410 e. The highest BCUT2D eigenvalue weighted by Crippen LogP contribution is 2.43. The number of aromatic nitrogens is 2. The number of aliphatic hydroxyl groups excluding tert-OH is 1. The molecule has 2 unspecified atom stereocenters. The Morgan fingerprint density at radius 1 is 1.46 bits per heavy atom. The van der Waals surface area contributed by atoms with Crippen LogP contribution in [-0.2, 0) is 4.74 Å². The molecule has 1 fully saturated rings. The highest BCUT2D eigenvalue weighted by atomic mass is 79.9. The Labute approximate surface area is 159 Å². The van der Waals surface area contributed by atoms with Gasteiger partial charge in [-0.2, -0.15) is 0 Å². The van der Waals surface area contributed by atoms with E-state index in [1.165, 1.54) is 6.20 Å². The van der Waals surface area contributed by atoms with Gasteiger partial charge in [0.2, 0.25) is 0 Å². The largest absolute Gasteiger partial charge is 0.444 e. The van der Waals surface area contributed by atoms with Gasteiger partial charge in [0, 0.05) is 6.54 Å². The number of hydrogen-bond donors (Lipinski definition) is 1. The average molecular weight is 465 g/mol. The van der Waals surface area contributed by atoms with Crippen molar-refractivity contribution >= 4 is 38.0 Å². The minimum absolute atomic E-state index is 0.273. The molecule has 0 radical (unpaired) electrons. The Morgan fingerprint density at radius 2 is 2.08 bits per heavy atom. The number of amides is 1. The molecule has 1 aromatic rings. The molecule has 1 amide bonds. The number of carbonyl (C=O) groups is 1. The Kier molecular flexibility index (Phi) is 5.62. The minimum Gasteiger partial charge on any atom is -0.444 e. The van der Waals surface area contributed by atoms with Crippen LogP contribution in [0.5, 0.6) is 0 Å². The molecule has 6 nitrogen and oxygen atoms in total. The number of likely N-dealkylation sites (tertiary alicyclic amines) is 1. The van der Waals surface area contributed by atoms with E-state index in [1.807, 2.05) is 34.6 Å². The second kappa shape index (κ2) is 6.88. The lowest BCUT2D eigenvalue weighted by Crippen LogP contribution is -2.47. The van der Waals surface area contributed by atoms with Gasteiger partial charge in [-0.05, 0) is 64.5 Å². The zero-order valence-corrected chi connectivity index (χ0v) is 17.7. The van der Waals surface area contributed by atoms with Gasteiger partial charge >= 0.3 is 6.09 Å². The van der Waals surface area contributed by atoms with Gasteiger partial charge in [0.15, 0.2) is 0 Å². The summed E-state index contributed by atoms with van der Waals surface area (Å²) < 4.78 is 6.53. The second-order valence-electron chi connectivity index (χ2n) is 7.67. The van der Waals surface area contributed by atoms with Gasteiger partial charge in [-0.25, -0.2) is 9.78 Å². The van der Waals surface area contributed by atoms with Gasteiger partial charge in [-0.3, -0.25) is 4.98 Å². The Hall–Kier alpha value is -0.730. The Bertz CT molecular complexity index is 631. The van der Waals surface area contributed by atoms with Crippen molar-refractivity contribution in [1.29, 1.82) is 0 Å². The molecule has 0 spiro atoms. The SMILES string of the molecule is CC(C)(C)OC(=O)N1CCC(C)(C)C1C(O)c1ncc(Br)nc1Br. The topological polar surface area (TPSA) is 75.5 Å². The van der Waals surface area contributed by atoms with Gasteiger partial charge in [-0.15, -0.1) is 0 Å². The summed E-state index contributed by atoms with van der Waals surface area (Å²) in [5.41, 5.74) is -0.450. The third-order valence-electron chi connectivity index (χ3n) is 4.07. The standard InChI is InChI=1S/C16H23Br2N3O3/c1-15(2,3)24-14(23)21-7-6-16(4,5)12(21)11(22)10-13(18)20-9(17)8-19-10/h8,11-12,22H,6-7H2,1-5H3. The summed E-state index contributed by atoms with van der Waals surface area (Å²) >= 11 is 6.59. The Balaban J connectivity index is 2.33. The van der Waals surface area contributed by atoms with Crippen LogP contribution in [0.25, 0.3) is 0 Å². The maximum absolute atomic E-state index is 12.6. The van der Waals surface area contributed by atoms with Crippen LogP contribution >= 0.6 is 31.9 Å². The molecule has 2 rings (SSSR count). The van der Waals surface area contributed by atoms with Crippen LogP contribution in [0.3, 0.4) is 0 Å². The summed E-state index contributed by atoms with van der Waals surface area (Å²) in [6, 6.07) is -0.445. The first kappa shape index (κ1) is 19.6. The van der Waals surface area contributed by atoms with Crippen LogP contribution in [0.15, 0.2) is 15.4 Å².